The Morgan fingerprint density at radius 1 is 1.07 bits per heavy atom. The second-order valence-electron chi connectivity index (χ2n) is 7.48. The van der Waals surface area contributed by atoms with Crippen LogP contribution in [0.25, 0.3) is 0 Å². The van der Waals surface area contributed by atoms with E-state index in [1.807, 2.05) is 54.4 Å². The van der Waals surface area contributed by atoms with Gasteiger partial charge in [-0.05, 0) is 30.7 Å². The van der Waals surface area contributed by atoms with Gasteiger partial charge in [0.15, 0.2) is 0 Å². The maximum Gasteiger partial charge on any atom is 0.354 e. The van der Waals surface area contributed by atoms with Gasteiger partial charge in [0.2, 0.25) is 5.91 Å². The molecule has 1 atom stereocenters. The number of benzene rings is 2. The van der Waals surface area contributed by atoms with Crippen LogP contribution >= 0.6 is 0 Å². The van der Waals surface area contributed by atoms with Crippen LogP contribution in [0.1, 0.15) is 18.9 Å². The van der Waals surface area contributed by atoms with Crippen molar-refractivity contribution in [1.82, 2.24) is 4.90 Å². The molecule has 0 aliphatic carbocycles. The van der Waals surface area contributed by atoms with Gasteiger partial charge in [-0.15, -0.1) is 0 Å². The van der Waals surface area contributed by atoms with Gasteiger partial charge in [0.05, 0.1) is 12.3 Å². The van der Waals surface area contributed by atoms with E-state index in [0.29, 0.717) is 13.1 Å². The maximum atomic E-state index is 13.6. The minimum Gasteiger partial charge on any atom is -0.461 e. The molecule has 2 aromatic carbocycles. The summed E-state index contributed by atoms with van der Waals surface area (Å²) < 4.78 is 5.14. The third-order valence-corrected chi connectivity index (χ3v) is 5.51. The molecule has 7 heteroatoms. The first-order valence-corrected chi connectivity index (χ1v) is 10.2. The van der Waals surface area contributed by atoms with Gasteiger partial charge < -0.3 is 14.5 Å². The monoisotopic (exact) mass is 406 g/mol. The summed E-state index contributed by atoms with van der Waals surface area (Å²) in [5, 5.41) is 6.14. The lowest BCUT2D eigenvalue weighted by Gasteiger charge is -2.29. The number of hydrazone groups is 1. The van der Waals surface area contributed by atoms with Crippen LogP contribution in [-0.2, 0) is 20.9 Å². The van der Waals surface area contributed by atoms with Crippen molar-refractivity contribution in [3.63, 3.8) is 0 Å². The second kappa shape index (κ2) is 8.57. The molecule has 2 aromatic rings. The topological polar surface area (TPSA) is 65.5 Å². The molecule has 0 spiro atoms. The van der Waals surface area contributed by atoms with Crippen molar-refractivity contribution in [3.05, 3.63) is 60.2 Å². The van der Waals surface area contributed by atoms with Crippen LogP contribution < -0.4 is 9.91 Å². The second-order valence-corrected chi connectivity index (χ2v) is 7.48. The van der Waals surface area contributed by atoms with Crippen LogP contribution in [0.3, 0.4) is 0 Å². The minimum absolute atomic E-state index is 0.0352. The number of carbonyl (C=O) groups excluding carboxylic acids is 2. The van der Waals surface area contributed by atoms with Crippen LogP contribution in [0.5, 0.6) is 0 Å². The van der Waals surface area contributed by atoms with Gasteiger partial charge in [-0.1, -0.05) is 36.4 Å². The summed E-state index contributed by atoms with van der Waals surface area (Å²) >= 11 is 0. The Morgan fingerprint density at radius 3 is 2.57 bits per heavy atom. The first-order chi connectivity index (χ1) is 14.6. The smallest absolute Gasteiger partial charge is 0.354 e. The number of fused-ring (bicyclic) bond motifs is 1. The number of para-hydroxylation sites is 2. The number of nitrogens with zero attached hydrogens (tertiary/aromatic N) is 4. The molecule has 30 heavy (non-hydrogen) atoms. The molecule has 0 aromatic heterocycles. The van der Waals surface area contributed by atoms with Crippen LogP contribution in [0, 0.1) is 0 Å². The normalized spacial score (nSPS) is 18.5. The molecule has 0 radical (unpaired) electrons. The van der Waals surface area contributed by atoms with Crippen molar-refractivity contribution in [3.8, 4) is 0 Å². The molecule has 7 nitrogen and oxygen atoms in total. The van der Waals surface area contributed by atoms with Gasteiger partial charge in [-0.2, -0.15) is 5.10 Å². The maximum absolute atomic E-state index is 13.6. The molecule has 0 bridgehead atoms. The highest BCUT2D eigenvalue weighted by molar-refractivity contribution is 6.38. The summed E-state index contributed by atoms with van der Waals surface area (Å²) in [6.07, 6.45) is 0.237. The Labute approximate surface area is 176 Å². The highest BCUT2D eigenvalue weighted by atomic mass is 16.5. The first kappa shape index (κ1) is 19.9. The van der Waals surface area contributed by atoms with Crippen LogP contribution in [0.2, 0.25) is 0 Å². The van der Waals surface area contributed by atoms with E-state index in [9.17, 15) is 9.59 Å². The lowest BCUT2D eigenvalue weighted by Crippen LogP contribution is -2.46. The SMILES string of the molecule is CCOC(=O)C1=NN(c2ccccc2)C(C(=O)N2CCN(C)c3ccccc3C2)C1. The van der Waals surface area contributed by atoms with Gasteiger partial charge in [-0.3, -0.25) is 9.80 Å². The fourth-order valence-electron chi connectivity index (χ4n) is 3.95. The predicted molar refractivity (Wildman–Crippen MR) is 117 cm³/mol. The molecular formula is C23H26N4O3. The van der Waals surface area contributed by atoms with E-state index in [0.717, 1.165) is 23.5 Å². The Kier molecular flexibility index (Phi) is 5.70. The molecule has 0 N–H and O–H groups in total. The third kappa shape index (κ3) is 3.87. The Balaban J connectivity index is 1.61. The zero-order chi connectivity index (χ0) is 21.1. The molecular weight excluding hydrogens is 380 g/mol. The Bertz CT molecular complexity index is 960. The zero-order valence-electron chi connectivity index (χ0n) is 17.3. The molecule has 0 saturated heterocycles. The molecule has 0 fully saturated rings. The number of amides is 1. The first-order valence-electron chi connectivity index (χ1n) is 10.2. The summed E-state index contributed by atoms with van der Waals surface area (Å²) in [5.41, 5.74) is 3.32. The van der Waals surface area contributed by atoms with Gasteiger partial charge in [0.25, 0.3) is 0 Å². The average Bonchev–Trinajstić information content (AvgIpc) is 3.15. The number of anilines is 2. The number of hydrogen-bond acceptors (Lipinski definition) is 6. The van der Waals surface area contributed by atoms with E-state index in [1.165, 1.54) is 0 Å². The average molecular weight is 406 g/mol. The number of likely N-dealkylation sites (N-methyl/N-ethyl adjacent to an activating group) is 1. The lowest BCUT2D eigenvalue weighted by atomic mass is 10.1. The summed E-state index contributed by atoms with van der Waals surface area (Å²) in [6.45, 7) is 3.92. The molecule has 1 amide bonds. The van der Waals surface area contributed by atoms with Crippen molar-refractivity contribution in [2.24, 2.45) is 5.10 Å². The van der Waals surface area contributed by atoms with E-state index < -0.39 is 12.0 Å². The number of rotatable bonds is 4. The highest BCUT2D eigenvalue weighted by Crippen LogP contribution is 2.29. The predicted octanol–water partition coefficient (Wildman–Crippen LogP) is 2.66. The van der Waals surface area contributed by atoms with E-state index in [4.69, 9.17) is 4.74 Å². The van der Waals surface area contributed by atoms with Crippen LogP contribution in [-0.4, -0.2) is 55.3 Å². The summed E-state index contributed by atoms with van der Waals surface area (Å²) in [6, 6.07) is 17.1. The van der Waals surface area contributed by atoms with Crippen molar-refractivity contribution < 1.29 is 14.3 Å². The van der Waals surface area contributed by atoms with Crippen molar-refractivity contribution in [2.45, 2.75) is 25.9 Å². The van der Waals surface area contributed by atoms with Crippen molar-refractivity contribution in [2.75, 3.05) is 36.7 Å². The van der Waals surface area contributed by atoms with E-state index in [-0.39, 0.29) is 24.6 Å². The van der Waals surface area contributed by atoms with Crippen molar-refractivity contribution in [1.29, 1.82) is 0 Å². The summed E-state index contributed by atoms with van der Waals surface area (Å²) in [4.78, 5) is 30.0. The minimum atomic E-state index is -0.567. The third-order valence-electron chi connectivity index (χ3n) is 5.51. The fraction of sp³-hybridized carbons (Fsp3) is 0.348. The Hall–Kier alpha value is -3.35. The number of hydrogen-bond donors (Lipinski definition) is 0. The largest absolute Gasteiger partial charge is 0.461 e. The summed E-state index contributed by atoms with van der Waals surface area (Å²) in [7, 11) is 2.04. The summed E-state index contributed by atoms with van der Waals surface area (Å²) in [5.74, 6) is -0.498. The molecule has 2 aliphatic rings. The zero-order valence-corrected chi connectivity index (χ0v) is 17.3. The van der Waals surface area contributed by atoms with Crippen molar-refractivity contribution >= 4 is 29.0 Å². The van der Waals surface area contributed by atoms with E-state index in [2.05, 4.69) is 22.1 Å². The number of carbonyl (C=O) groups is 2. The molecule has 156 valence electrons. The van der Waals surface area contributed by atoms with Gasteiger partial charge >= 0.3 is 5.97 Å². The standard InChI is InChI=1S/C23H26N4O3/c1-3-30-23(29)19-15-21(27(24-19)18-10-5-4-6-11-18)22(28)26-14-13-25(2)20-12-8-7-9-17(20)16-26/h4-12,21H,3,13-16H2,1-2H3. The van der Waals surface area contributed by atoms with Crippen LogP contribution in [0.4, 0.5) is 11.4 Å². The van der Waals surface area contributed by atoms with E-state index in [1.54, 1.807) is 11.9 Å². The molecule has 2 aliphatic heterocycles. The molecule has 4 rings (SSSR count). The van der Waals surface area contributed by atoms with Gasteiger partial charge in [-0.25, -0.2) is 4.79 Å². The molecule has 1 unspecified atom stereocenters. The number of esters is 1. The molecule has 2 heterocycles. The highest BCUT2D eigenvalue weighted by Gasteiger charge is 2.39. The number of ether oxygens (including phenoxy) is 1. The van der Waals surface area contributed by atoms with Crippen LogP contribution in [0.15, 0.2) is 59.7 Å². The molecule has 0 saturated carbocycles. The van der Waals surface area contributed by atoms with E-state index >= 15 is 0 Å². The fourth-order valence-corrected chi connectivity index (χ4v) is 3.95. The lowest BCUT2D eigenvalue weighted by molar-refractivity contribution is -0.135. The van der Waals surface area contributed by atoms with Gasteiger partial charge in [0.1, 0.15) is 11.8 Å². The quantitative estimate of drug-likeness (QED) is 0.731. The Morgan fingerprint density at radius 2 is 1.80 bits per heavy atom. The van der Waals surface area contributed by atoms with Gasteiger partial charge in [0, 0.05) is 38.8 Å².